The monoisotopic (exact) mass is 315 g/mol. The molecule has 5 rings (SSSR count). The Labute approximate surface area is 134 Å². The average molecular weight is 315 g/mol. The van der Waals surface area contributed by atoms with Gasteiger partial charge in [0.1, 0.15) is 5.69 Å². The summed E-state index contributed by atoms with van der Waals surface area (Å²) >= 11 is 0. The fraction of sp³-hybridized carbons (Fsp3) is 0.588. The zero-order valence-corrected chi connectivity index (χ0v) is 13.0. The molecule has 0 heterocycles. The van der Waals surface area contributed by atoms with Crippen molar-refractivity contribution in [1.82, 2.24) is 5.32 Å². The minimum Gasteiger partial charge on any atom is -0.393 e. The second-order valence-electron chi connectivity index (χ2n) is 7.68. The summed E-state index contributed by atoms with van der Waals surface area (Å²) in [6.45, 7) is 0. The van der Waals surface area contributed by atoms with E-state index in [-0.39, 0.29) is 22.8 Å². The number of nitrogens with zero attached hydrogens (tertiary/aromatic N) is 1. The van der Waals surface area contributed by atoms with Crippen LogP contribution in [-0.4, -0.2) is 16.4 Å². The number of benzene rings is 1. The van der Waals surface area contributed by atoms with Gasteiger partial charge in [0.25, 0.3) is 11.6 Å². The molecule has 0 saturated heterocycles. The van der Waals surface area contributed by atoms with E-state index in [9.17, 15) is 14.9 Å². The van der Waals surface area contributed by atoms with Crippen molar-refractivity contribution < 1.29 is 9.72 Å². The van der Waals surface area contributed by atoms with Crippen LogP contribution in [0.3, 0.4) is 0 Å². The highest BCUT2D eigenvalue weighted by atomic mass is 16.6. The fourth-order valence-corrected chi connectivity index (χ4v) is 5.42. The van der Waals surface area contributed by atoms with Crippen LogP contribution in [0.2, 0.25) is 0 Å². The van der Waals surface area contributed by atoms with Crippen molar-refractivity contribution in [3.63, 3.8) is 0 Å². The summed E-state index contributed by atoms with van der Waals surface area (Å²) in [6.07, 6.45) is 7.10. The van der Waals surface area contributed by atoms with E-state index in [1.54, 1.807) is 6.07 Å². The van der Waals surface area contributed by atoms with Gasteiger partial charge in [0.2, 0.25) is 0 Å². The number of nitrogens with one attached hydrogen (secondary N) is 1. The van der Waals surface area contributed by atoms with Crippen molar-refractivity contribution in [1.29, 1.82) is 0 Å². The third kappa shape index (κ3) is 2.46. The van der Waals surface area contributed by atoms with Crippen LogP contribution in [-0.2, 0) is 0 Å². The van der Waals surface area contributed by atoms with Gasteiger partial charge in [-0.3, -0.25) is 14.9 Å². The summed E-state index contributed by atoms with van der Waals surface area (Å²) in [4.78, 5) is 23.1. The summed E-state index contributed by atoms with van der Waals surface area (Å²) in [5.74, 6) is 2.00. The quantitative estimate of drug-likeness (QED) is 0.509. The molecule has 1 amide bonds. The van der Waals surface area contributed by atoms with Crippen molar-refractivity contribution in [3.8, 4) is 0 Å². The van der Waals surface area contributed by atoms with Gasteiger partial charge in [-0.05, 0) is 68.4 Å². The third-order valence-corrected chi connectivity index (χ3v) is 5.91. The van der Waals surface area contributed by atoms with Crippen molar-refractivity contribution in [2.75, 3.05) is 5.73 Å². The van der Waals surface area contributed by atoms with E-state index in [0.717, 1.165) is 37.0 Å². The van der Waals surface area contributed by atoms with Gasteiger partial charge in [-0.15, -0.1) is 0 Å². The van der Waals surface area contributed by atoms with Crippen molar-refractivity contribution in [3.05, 3.63) is 33.9 Å². The molecular formula is C17H21N3O3. The lowest BCUT2D eigenvalue weighted by Gasteiger charge is -2.56. The number of nitrogen functional groups attached to an aromatic ring is 1. The molecule has 4 fully saturated rings. The predicted octanol–water partition coefficient (Wildman–Crippen LogP) is 2.88. The molecule has 4 aliphatic rings. The van der Waals surface area contributed by atoms with E-state index in [1.165, 1.54) is 31.4 Å². The Hall–Kier alpha value is -2.11. The smallest absolute Gasteiger partial charge is 0.292 e. The number of hydrogen-bond donors (Lipinski definition) is 2. The first-order valence-electron chi connectivity index (χ1n) is 8.30. The Kier molecular flexibility index (Phi) is 3.11. The average Bonchev–Trinajstić information content (AvgIpc) is 2.45. The Bertz CT molecular complexity index is 650. The maximum Gasteiger partial charge on any atom is 0.292 e. The zero-order valence-electron chi connectivity index (χ0n) is 13.0. The van der Waals surface area contributed by atoms with Crippen molar-refractivity contribution >= 4 is 17.3 Å². The van der Waals surface area contributed by atoms with Gasteiger partial charge in [-0.2, -0.15) is 0 Å². The maximum absolute atomic E-state index is 12.6. The number of nitro benzene ring substituents is 1. The summed E-state index contributed by atoms with van der Waals surface area (Å²) in [6, 6.07) is 4.29. The maximum atomic E-state index is 12.6. The molecule has 4 saturated carbocycles. The first-order chi connectivity index (χ1) is 10.9. The van der Waals surface area contributed by atoms with E-state index in [2.05, 4.69) is 5.32 Å². The molecule has 4 aliphatic carbocycles. The van der Waals surface area contributed by atoms with Gasteiger partial charge in [0.15, 0.2) is 0 Å². The van der Waals surface area contributed by atoms with E-state index in [1.807, 2.05) is 0 Å². The number of carbonyl (C=O) groups is 1. The van der Waals surface area contributed by atoms with E-state index >= 15 is 0 Å². The molecule has 4 bridgehead atoms. The van der Waals surface area contributed by atoms with Crippen LogP contribution in [0.25, 0.3) is 0 Å². The molecule has 0 aromatic heterocycles. The SMILES string of the molecule is Nc1ccc(C(=O)NC23CC4CC(CC(C4)C2)C3)cc1[N+](=O)[O-]. The molecule has 6 nitrogen and oxygen atoms in total. The molecule has 1 aromatic carbocycles. The van der Waals surface area contributed by atoms with Crippen LogP contribution in [0.5, 0.6) is 0 Å². The molecule has 0 unspecified atom stereocenters. The summed E-state index contributed by atoms with van der Waals surface area (Å²) in [7, 11) is 0. The topological polar surface area (TPSA) is 98.3 Å². The molecule has 0 spiro atoms. The van der Waals surface area contributed by atoms with Crippen LogP contribution < -0.4 is 11.1 Å². The largest absolute Gasteiger partial charge is 0.393 e. The molecule has 6 heteroatoms. The predicted molar refractivity (Wildman–Crippen MR) is 85.9 cm³/mol. The number of hydrogen-bond acceptors (Lipinski definition) is 4. The molecular weight excluding hydrogens is 294 g/mol. The molecule has 0 radical (unpaired) electrons. The summed E-state index contributed by atoms with van der Waals surface area (Å²) < 4.78 is 0. The Morgan fingerprint density at radius 3 is 2.26 bits per heavy atom. The van der Waals surface area contributed by atoms with Gasteiger partial charge < -0.3 is 11.1 Å². The van der Waals surface area contributed by atoms with Crippen molar-refractivity contribution in [2.24, 2.45) is 17.8 Å². The Morgan fingerprint density at radius 1 is 1.17 bits per heavy atom. The number of carbonyl (C=O) groups excluding carboxylic acids is 1. The Balaban J connectivity index is 1.56. The van der Waals surface area contributed by atoms with Gasteiger partial charge in [0.05, 0.1) is 4.92 Å². The third-order valence-electron chi connectivity index (χ3n) is 5.91. The van der Waals surface area contributed by atoms with Gasteiger partial charge >= 0.3 is 0 Å². The summed E-state index contributed by atoms with van der Waals surface area (Å²) in [5.41, 5.74) is 5.71. The minimum atomic E-state index is -0.545. The summed E-state index contributed by atoms with van der Waals surface area (Å²) in [5, 5.41) is 14.2. The second kappa shape index (κ2) is 4.94. The molecule has 1 aromatic rings. The molecule has 0 aliphatic heterocycles. The zero-order chi connectivity index (χ0) is 16.2. The van der Waals surface area contributed by atoms with Gasteiger partial charge in [-0.25, -0.2) is 0 Å². The fourth-order valence-electron chi connectivity index (χ4n) is 5.42. The molecule has 23 heavy (non-hydrogen) atoms. The lowest BCUT2D eigenvalue weighted by Crippen LogP contribution is -2.59. The van der Waals surface area contributed by atoms with Crippen LogP contribution in [0.4, 0.5) is 11.4 Å². The lowest BCUT2D eigenvalue weighted by atomic mass is 9.53. The van der Waals surface area contributed by atoms with Gasteiger partial charge in [-0.1, -0.05) is 0 Å². The molecule has 122 valence electrons. The first kappa shape index (κ1) is 14.5. The van der Waals surface area contributed by atoms with E-state index in [4.69, 9.17) is 5.73 Å². The normalized spacial score (nSPS) is 34.3. The number of nitrogens with two attached hydrogens (primary N) is 1. The number of nitro groups is 1. The lowest BCUT2D eigenvalue weighted by molar-refractivity contribution is -0.383. The highest BCUT2D eigenvalue weighted by Crippen LogP contribution is 2.55. The van der Waals surface area contributed by atoms with Crippen LogP contribution >= 0.6 is 0 Å². The van der Waals surface area contributed by atoms with E-state index < -0.39 is 4.92 Å². The van der Waals surface area contributed by atoms with Crippen LogP contribution in [0, 0.1) is 27.9 Å². The highest BCUT2D eigenvalue weighted by molar-refractivity contribution is 5.96. The second-order valence-corrected chi connectivity index (χ2v) is 7.68. The van der Waals surface area contributed by atoms with Crippen LogP contribution in [0.15, 0.2) is 18.2 Å². The van der Waals surface area contributed by atoms with Crippen LogP contribution in [0.1, 0.15) is 48.9 Å². The number of amides is 1. The Morgan fingerprint density at radius 2 is 1.74 bits per heavy atom. The minimum absolute atomic E-state index is 0.0846. The number of anilines is 1. The van der Waals surface area contributed by atoms with Gasteiger partial charge in [0, 0.05) is 17.2 Å². The molecule has 3 N–H and O–H groups in total. The standard InChI is InChI=1S/C17H21N3O3/c18-14-2-1-13(6-15(14)20(22)23)16(21)19-17-7-10-3-11(8-17)5-12(4-10)9-17/h1-2,6,10-12H,3-5,7-9,18H2,(H,19,21). The highest BCUT2D eigenvalue weighted by Gasteiger charge is 2.51. The van der Waals surface area contributed by atoms with Crippen molar-refractivity contribution in [2.45, 2.75) is 44.1 Å². The number of rotatable bonds is 3. The first-order valence-corrected chi connectivity index (χ1v) is 8.30. The molecule has 0 atom stereocenters. The van der Waals surface area contributed by atoms with E-state index in [0.29, 0.717) is 5.56 Å².